The van der Waals surface area contributed by atoms with Crippen molar-refractivity contribution >= 4 is 19.8 Å². The average Bonchev–Trinajstić information content (AvgIpc) is 3.05. The summed E-state index contributed by atoms with van der Waals surface area (Å²) in [4.78, 5) is 42.6. The number of hydrogen-bond donors (Lipinski definition) is 2. The zero-order valence-electron chi connectivity index (χ0n) is 30.1. The van der Waals surface area contributed by atoms with Crippen LogP contribution < -0.4 is 0 Å². The van der Waals surface area contributed by atoms with Crippen LogP contribution in [0.5, 0.6) is 0 Å². The summed E-state index contributed by atoms with van der Waals surface area (Å²) in [5, 5.41) is 0. The van der Waals surface area contributed by atoms with Crippen LogP contribution in [0.4, 0.5) is 0 Å². The Balaban J connectivity index is 4.07. The normalized spacial score (nSPS) is 13.2. The van der Waals surface area contributed by atoms with E-state index in [4.69, 9.17) is 19.3 Å². The van der Waals surface area contributed by atoms with Gasteiger partial charge in [-0.3, -0.25) is 14.1 Å². The molecule has 0 aromatic heterocycles. The van der Waals surface area contributed by atoms with Gasteiger partial charge in [0.25, 0.3) is 0 Å². The Kier molecular flexibility index (Phi) is 33.0. The maximum Gasteiger partial charge on any atom is 0.469 e. The summed E-state index contributed by atoms with van der Waals surface area (Å²) < 4.78 is 26.2. The number of phosphoric ester groups is 1. The Morgan fingerprint density at radius 2 is 1.06 bits per heavy atom. The Hall–Kier alpha value is -2.25. The molecule has 0 bridgehead atoms. The fourth-order valence-electron chi connectivity index (χ4n) is 4.87. The lowest BCUT2D eigenvalue weighted by Crippen LogP contribution is -2.29. The quantitative estimate of drug-likeness (QED) is 0.0229. The molecule has 0 aliphatic carbocycles. The molecule has 0 heterocycles. The Morgan fingerprint density at radius 1 is 0.562 bits per heavy atom. The molecule has 0 saturated carbocycles. The van der Waals surface area contributed by atoms with Crippen molar-refractivity contribution in [2.75, 3.05) is 13.2 Å². The molecule has 0 amide bonds. The summed E-state index contributed by atoms with van der Waals surface area (Å²) in [6, 6.07) is 0. The van der Waals surface area contributed by atoms with Crippen molar-refractivity contribution in [3.63, 3.8) is 0 Å². The van der Waals surface area contributed by atoms with Crippen molar-refractivity contribution in [2.24, 2.45) is 0 Å². The molecule has 9 heteroatoms. The van der Waals surface area contributed by atoms with E-state index in [-0.39, 0.29) is 19.4 Å². The summed E-state index contributed by atoms with van der Waals surface area (Å²) in [6.07, 6.45) is 42.4. The number of allylic oxidation sites excluding steroid dienone is 10. The van der Waals surface area contributed by atoms with Crippen molar-refractivity contribution in [1.29, 1.82) is 0 Å². The number of ether oxygens (including phenoxy) is 2. The monoisotopic (exact) mass is 694 g/mol. The van der Waals surface area contributed by atoms with E-state index in [1.165, 1.54) is 64.2 Å². The molecule has 8 nitrogen and oxygen atoms in total. The molecular formula is C39H67O8P. The molecular weight excluding hydrogens is 627 g/mol. The second kappa shape index (κ2) is 34.6. The van der Waals surface area contributed by atoms with Crippen LogP contribution in [0.15, 0.2) is 60.8 Å². The van der Waals surface area contributed by atoms with Crippen LogP contribution in [0.25, 0.3) is 0 Å². The largest absolute Gasteiger partial charge is 0.469 e. The zero-order chi connectivity index (χ0) is 35.4. The fourth-order valence-corrected chi connectivity index (χ4v) is 5.23. The van der Waals surface area contributed by atoms with E-state index in [1.54, 1.807) is 0 Å². The van der Waals surface area contributed by atoms with Gasteiger partial charge in [-0.05, 0) is 44.9 Å². The van der Waals surface area contributed by atoms with Crippen LogP contribution >= 0.6 is 7.82 Å². The number of unbranched alkanes of at least 4 members (excludes halogenated alkanes) is 16. The van der Waals surface area contributed by atoms with Gasteiger partial charge >= 0.3 is 19.8 Å². The molecule has 0 radical (unpaired) electrons. The summed E-state index contributed by atoms with van der Waals surface area (Å²) in [6.45, 7) is 3.48. The zero-order valence-corrected chi connectivity index (χ0v) is 31.0. The minimum atomic E-state index is -4.77. The van der Waals surface area contributed by atoms with E-state index >= 15 is 0 Å². The molecule has 0 rings (SSSR count). The van der Waals surface area contributed by atoms with Gasteiger partial charge in [0.15, 0.2) is 6.10 Å². The standard InChI is InChI=1S/C39H67O8P/c1-3-5-7-9-11-13-15-17-19-21-23-25-27-29-31-33-38(40)45-35-37(36-46-48(42,43)44)47-39(41)34-32-30-28-26-24-22-20-18-16-14-12-10-8-6-4-2/h6,8,10,12,14,16,18,20,27,29,37H,3-5,7,9,11,13,15,17,19,21-26,28,30-36H2,1-2H3,(H2,42,43,44)/b8-6+,12-10+,16-14+,20-18+,29-27+/t37-/m1/s1. The topological polar surface area (TPSA) is 119 Å². The molecule has 0 saturated heterocycles. The smallest absolute Gasteiger partial charge is 0.462 e. The van der Waals surface area contributed by atoms with E-state index in [2.05, 4.69) is 36.6 Å². The van der Waals surface area contributed by atoms with Crippen LogP contribution in [0.2, 0.25) is 0 Å². The van der Waals surface area contributed by atoms with Gasteiger partial charge in [0.1, 0.15) is 6.61 Å². The van der Waals surface area contributed by atoms with E-state index in [9.17, 15) is 14.2 Å². The first kappa shape index (κ1) is 45.8. The summed E-state index contributed by atoms with van der Waals surface area (Å²) >= 11 is 0. The second-order valence-corrected chi connectivity index (χ2v) is 13.5. The van der Waals surface area contributed by atoms with Crippen molar-refractivity contribution in [1.82, 2.24) is 0 Å². The van der Waals surface area contributed by atoms with E-state index in [1.807, 2.05) is 42.5 Å². The minimum Gasteiger partial charge on any atom is -0.462 e. The molecule has 0 aromatic carbocycles. The highest BCUT2D eigenvalue weighted by molar-refractivity contribution is 7.46. The first-order chi connectivity index (χ1) is 23.3. The van der Waals surface area contributed by atoms with Gasteiger partial charge < -0.3 is 19.3 Å². The van der Waals surface area contributed by atoms with Crippen molar-refractivity contribution in [2.45, 2.75) is 161 Å². The highest BCUT2D eigenvalue weighted by Crippen LogP contribution is 2.36. The SMILES string of the molecule is CC/C=C/C=C/C=C/C=C/CCCCCCCC(=O)O[C@H](COC(=O)CC/C=C/CCCCCCCCCCCCC)COP(=O)(O)O. The van der Waals surface area contributed by atoms with Gasteiger partial charge in [0, 0.05) is 12.8 Å². The molecule has 0 aliphatic heterocycles. The van der Waals surface area contributed by atoms with E-state index < -0.39 is 32.5 Å². The van der Waals surface area contributed by atoms with Crippen LogP contribution in [0.1, 0.15) is 155 Å². The third-order valence-electron chi connectivity index (χ3n) is 7.63. The van der Waals surface area contributed by atoms with E-state index in [0.717, 1.165) is 51.4 Å². The molecule has 0 aromatic rings. The lowest BCUT2D eigenvalue weighted by molar-refractivity contribution is -0.161. The summed E-state index contributed by atoms with van der Waals surface area (Å²) in [5.74, 6) is -0.973. The van der Waals surface area contributed by atoms with E-state index in [0.29, 0.717) is 12.8 Å². The highest BCUT2D eigenvalue weighted by atomic mass is 31.2. The first-order valence-corrected chi connectivity index (χ1v) is 20.2. The van der Waals surface area contributed by atoms with Crippen LogP contribution in [-0.2, 0) is 28.2 Å². The predicted octanol–water partition coefficient (Wildman–Crippen LogP) is 11.0. The lowest BCUT2D eigenvalue weighted by Gasteiger charge is -2.18. The van der Waals surface area contributed by atoms with Crippen LogP contribution in [0.3, 0.4) is 0 Å². The summed E-state index contributed by atoms with van der Waals surface area (Å²) in [7, 11) is -4.77. The highest BCUT2D eigenvalue weighted by Gasteiger charge is 2.22. The van der Waals surface area contributed by atoms with Crippen molar-refractivity contribution in [3.8, 4) is 0 Å². The fraction of sp³-hybridized carbons (Fsp3) is 0.692. The van der Waals surface area contributed by atoms with Gasteiger partial charge in [-0.25, -0.2) is 4.57 Å². The summed E-state index contributed by atoms with van der Waals surface area (Å²) in [5.41, 5.74) is 0. The molecule has 0 aliphatic rings. The van der Waals surface area contributed by atoms with Gasteiger partial charge in [0.05, 0.1) is 6.61 Å². The van der Waals surface area contributed by atoms with Crippen LogP contribution in [-0.4, -0.2) is 41.0 Å². The number of carbonyl (C=O) groups excluding carboxylic acids is 2. The van der Waals surface area contributed by atoms with Gasteiger partial charge in [-0.2, -0.15) is 0 Å². The van der Waals surface area contributed by atoms with Gasteiger partial charge in [-0.1, -0.05) is 158 Å². The molecule has 48 heavy (non-hydrogen) atoms. The second-order valence-electron chi connectivity index (χ2n) is 12.3. The number of rotatable bonds is 33. The lowest BCUT2D eigenvalue weighted by atomic mass is 10.1. The van der Waals surface area contributed by atoms with Crippen molar-refractivity contribution < 1.29 is 37.9 Å². The predicted molar refractivity (Wildman–Crippen MR) is 197 cm³/mol. The third-order valence-corrected chi connectivity index (χ3v) is 8.11. The van der Waals surface area contributed by atoms with Crippen LogP contribution in [0, 0.1) is 0 Å². The third kappa shape index (κ3) is 36.6. The minimum absolute atomic E-state index is 0.176. The first-order valence-electron chi connectivity index (χ1n) is 18.6. The van der Waals surface area contributed by atoms with Gasteiger partial charge in [0.2, 0.25) is 0 Å². The average molecular weight is 695 g/mol. The van der Waals surface area contributed by atoms with Crippen molar-refractivity contribution in [3.05, 3.63) is 60.8 Å². The molecule has 2 N–H and O–H groups in total. The maximum absolute atomic E-state index is 12.3. The Morgan fingerprint density at radius 3 is 1.65 bits per heavy atom. The molecule has 1 atom stereocenters. The number of carbonyl (C=O) groups is 2. The van der Waals surface area contributed by atoms with Gasteiger partial charge in [-0.15, -0.1) is 0 Å². The maximum atomic E-state index is 12.3. The molecule has 276 valence electrons. The number of esters is 2. The molecule has 0 fully saturated rings. The number of hydrogen-bond acceptors (Lipinski definition) is 6. The Labute approximate surface area is 292 Å². The molecule has 0 unspecified atom stereocenters. The molecule has 0 spiro atoms. The number of phosphoric acid groups is 1. The Bertz CT molecular complexity index is 963.